The van der Waals surface area contributed by atoms with Crippen LogP contribution >= 0.6 is 0 Å². The Morgan fingerprint density at radius 3 is 2.70 bits per heavy atom. The van der Waals surface area contributed by atoms with Crippen molar-refractivity contribution in [3.8, 4) is 0 Å². The van der Waals surface area contributed by atoms with Gasteiger partial charge in [0.2, 0.25) is 5.95 Å². The van der Waals surface area contributed by atoms with Crippen molar-refractivity contribution in [1.29, 1.82) is 0 Å². The van der Waals surface area contributed by atoms with Crippen LogP contribution < -0.4 is 11.1 Å². The number of hydrogen-bond donors (Lipinski definition) is 3. The number of β-amino-alcohol motifs (C(OH)–C–C–N with tert-alkyl or cyclic N) is 1. The largest absolute Gasteiger partial charge is 0.455 e. The van der Waals surface area contributed by atoms with Crippen molar-refractivity contribution in [1.82, 2.24) is 14.9 Å². The molecule has 8 nitrogen and oxygen atoms in total. The second kappa shape index (κ2) is 7.66. The van der Waals surface area contributed by atoms with Crippen molar-refractivity contribution in [2.24, 2.45) is 5.73 Å². The molecular formula is C19H27N5O3. The number of anilines is 1. The SMILES string of the molecule is CC(C)(C)c1oc(C(N)=O)cc1CN1CC[C@@H](Nc2ncccn2)[C@H](O)C1. The number of likely N-dealkylation sites (tertiary alicyclic amines) is 1. The molecule has 0 radical (unpaired) electrons. The topological polar surface area (TPSA) is 118 Å². The van der Waals surface area contributed by atoms with Gasteiger partial charge in [0.15, 0.2) is 5.76 Å². The molecule has 0 bridgehead atoms. The highest BCUT2D eigenvalue weighted by Gasteiger charge is 2.31. The molecule has 2 atom stereocenters. The highest BCUT2D eigenvalue weighted by molar-refractivity contribution is 5.90. The number of primary amides is 1. The van der Waals surface area contributed by atoms with Crippen LogP contribution in [0, 0.1) is 0 Å². The zero-order valence-electron chi connectivity index (χ0n) is 16.0. The fraction of sp³-hybridized carbons (Fsp3) is 0.526. The van der Waals surface area contributed by atoms with Gasteiger partial charge >= 0.3 is 0 Å². The van der Waals surface area contributed by atoms with Gasteiger partial charge in [-0.2, -0.15) is 0 Å². The number of aromatic nitrogens is 2. The van der Waals surface area contributed by atoms with Gasteiger partial charge in [0.25, 0.3) is 5.91 Å². The smallest absolute Gasteiger partial charge is 0.284 e. The first-order valence-corrected chi connectivity index (χ1v) is 9.11. The van der Waals surface area contributed by atoms with Crippen molar-refractivity contribution in [3.05, 3.63) is 41.6 Å². The van der Waals surface area contributed by atoms with Gasteiger partial charge in [-0.1, -0.05) is 20.8 Å². The molecule has 1 aliphatic rings. The molecule has 0 saturated carbocycles. The zero-order chi connectivity index (χ0) is 19.6. The molecule has 0 unspecified atom stereocenters. The van der Waals surface area contributed by atoms with Gasteiger partial charge in [-0.05, 0) is 18.6 Å². The van der Waals surface area contributed by atoms with Crippen LogP contribution in [0.25, 0.3) is 0 Å². The molecule has 2 aromatic rings. The van der Waals surface area contributed by atoms with Crippen LogP contribution in [0.4, 0.5) is 5.95 Å². The van der Waals surface area contributed by atoms with E-state index >= 15 is 0 Å². The summed E-state index contributed by atoms with van der Waals surface area (Å²) in [6.45, 7) is 7.99. The summed E-state index contributed by atoms with van der Waals surface area (Å²) in [5, 5.41) is 13.7. The third-order valence-electron chi connectivity index (χ3n) is 4.67. The van der Waals surface area contributed by atoms with E-state index in [1.54, 1.807) is 24.5 Å². The van der Waals surface area contributed by atoms with E-state index < -0.39 is 12.0 Å². The second-order valence-electron chi connectivity index (χ2n) is 7.99. The number of nitrogens with two attached hydrogens (primary N) is 1. The molecule has 0 aromatic carbocycles. The number of furan rings is 1. The Hall–Kier alpha value is -2.45. The molecule has 27 heavy (non-hydrogen) atoms. The molecule has 4 N–H and O–H groups in total. The van der Waals surface area contributed by atoms with Crippen LogP contribution in [0.3, 0.4) is 0 Å². The first-order valence-electron chi connectivity index (χ1n) is 9.11. The maximum Gasteiger partial charge on any atom is 0.284 e. The normalized spacial score (nSPS) is 21.2. The molecule has 3 heterocycles. The Balaban J connectivity index is 1.67. The fourth-order valence-electron chi connectivity index (χ4n) is 3.39. The first kappa shape index (κ1) is 19.3. The highest BCUT2D eigenvalue weighted by atomic mass is 16.4. The molecule has 0 aliphatic carbocycles. The van der Waals surface area contributed by atoms with Crippen molar-refractivity contribution >= 4 is 11.9 Å². The number of carbonyl (C=O) groups excluding carboxylic acids is 1. The molecule has 1 fully saturated rings. The minimum Gasteiger partial charge on any atom is -0.455 e. The third kappa shape index (κ3) is 4.64. The standard InChI is InChI=1S/C19H27N5O3/c1-19(2,3)16-12(9-15(27-16)17(20)26)10-24-8-5-13(14(25)11-24)23-18-21-6-4-7-22-18/h4,6-7,9,13-14,25H,5,8,10-11H2,1-3H3,(H2,20,26)(H,21,22,23)/t13-,14-/m1/s1. The summed E-state index contributed by atoms with van der Waals surface area (Å²) in [6, 6.07) is 3.37. The average molecular weight is 373 g/mol. The van der Waals surface area contributed by atoms with Crippen LogP contribution in [0.15, 0.2) is 28.9 Å². The monoisotopic (exact) mass is 373 g/mol. The van der Waals surface area contributed by atoms with Crippen LogP contribution in [-0.2, 0) is 12.0 Å². The van der Waals surface area contributed by atoms with E-state index in [1.807, 2.05) is 20.8 Å². The predicted molar refractivity (Wildman–Crippen MR) is 101 cm³/mol. The van der Waals surface area contributed by atoms with Crippen molar-refractivity contribution in [2.45, 2.75) is 51.3 Å². The van der Waals surface area contributed by atoms with Gasteiger partial charge in [-0.3, -0.25) is 9.69 Å². The van der Waals surface area contributed by atoms with E-state index in [0.29, 0.717) is 19.0 Å². The van der Waals surface area contributed by atoms with Gasteiger partial charge in [0, 0.05) is 43.0 Å². The van der Waals surface area contributed by atoms with Crippen LogP contribution in [0.5, 0.6) is 0 Å². The van der Waals surface area contributed by atoms with Crippen LogP contribution in [0.1, 0.15) is 49.1 Å². The minimum absolute atomic E-state index is 0.101. The first-order chi connectivity index (χ1) is 12.7. The Kier molecular flexibility index (Phi) is 5.48. The van der Waals surface area contributed by atoms with E-state index in [1.165, 1.54) is 0 Å². The number of piperidine rings is 1. The van der Waals surface area contributed by atoms with Crippen molar-refractivity contribution in [2.75, 3.05) is 18.4 Å². The maximum atomic E-state index is 11.5. The molecule has 146 valence electrons. The predicted octanol–water partition coefficient (Wildman–Crippen LogP) is 1.51. The van der Waals surface area contributed by atoms with E-state index in [9.17, 15) is 9.90 Å². The Bertz CT molecular complexity index is 784. The molecule has 2 aromatic heterocycles. The third-order valence-corrected chi connectivity index (χ3v) is 4.67. The summed E-state index contributed by atoms with van der Waals surface area (Å²) >= 11 is 0. The fourth-order valence-corrected chi connectivity index (χ4v) is 3.39. The van der Waals surface area contributed by atoms with Crippen molar-refractivity contribution < 1.29 is 14.3 Å². The Morgan fingerprint density at radius 2 is 2.11 bits per heavy atom. The molecular weight excluding hydrogens is 346 g/mol. The Morgan fingerprint density at radius 1 is 1.41 bits per heavy atom. The molecule has 1 aliphatic heterocycles. The van der Waals surface area contributed by atoms with E-state index in [0.717, 1.165) is 24.3 Å². The molecule has 1 saturated heterocycles. The molecule has 0 spiro atoms. The number of aliphatic hydroxyl groups excluding tert-OH is 1. The summed E-state index contributed by atoms with van der Waals surface area (Å²) in [5.41, 5.74) is 6.07. The lowest BCUT2D eigenvalue weighted by Crippen LogP contribution is -2.49. The zero-order valence-corrected chi connectivity index (χ0v) is 16.0. The lowest BCUT2D eigenvalue weighted by molar-refractivity contribution is 0.0555. The Labute approximate surface area is 158 Å². The number of carbonyl (C=O) groups is 1. The van der Waals surface area contributed by atoms with Crippen LogP contribution in [0.2, 0.25) is 0 Å². The number of amides is 1. The number of nitrogens with zero attached hydrogens (tertiary/aromatic N) is 3. The van der Waals surface area contributed by atoms with E-state index in [2.05, 4.69) is 20.2 Å². The van der Waals surface area contributed by atoms with Crippen molar-refractivity contribution in [3.63, 3.8) is 0 Å². The lowest BCUT2D eigenvalue weighted by atomic mass is 9.90. The number of aliphatic hydroxyl groups is 1. The second-order valence-corrected chi connectivity index (χ2v) is 7.99. The van der Waals surface area contributed by atoms with E-state index in [-0.39, 0.29) is 17.2 Å². The summed E-state index contributed by atoms with van der Waals surface area (Å²) in [6.07, 6.45) is 3.54. The molecule has 1 amide bonds. The average Bonchev–Trinajstić information content (AvgIpc) is 3.03. The van der Waals surface area contributed by atoms with Gasteiger partial charge in [0.1, 0.15) is 5.76 Å². The summed E-state index contributed by atoms with van der Waals surface area (Å²) in [4.78, 5) is 22.0. The summed E-state index contributed by atoms with van der Waals surface area (Å²) in [7, 11) is 0. The van der Waals surface area contributed by atoms with E-state index in [4.69, 9.17) is 10.2 Å². The van der Waals surface area contributed by atoms with Gasteiger partial charge in [-0.15, -0.1) is 0 Å². The molecule has 8 heteroatoms. The molecule has 3 rings (SSSR count). The van der Waals surface area contributed by atoms with Gasteiger partial charge in [-0.25, -0.2) is 9.97 Å². The number of rotatable bonds is 5. The quantitative estimate of drug-likeness (QED) is 0.727. The minimum atomic E-state index is -0.572. The van der Waals surface area contributed by atoms with Gasteiger partial charge in [0.05, 0.1) is 12.1 Å². The summed E-state index contributed by atoms with van der Waals surface area (Å²) < 4.78 is 5.72. The van der Waals surface area contributed by atoms with Gasteiger partial charge < -0.3 is 20.6 Å². The number of nitrogens with one attached hydrogen (secondary N) is 1. The summed E-state index contributed by atoms with van der Waals surface area (Å²) in [5.74, 6) is 0.875. The highest BCUT2D eigenvalue weighted by Crippen LogP contribution is 2.30. The number of hydrogen-bond acceptors (Lipinski definition) is 7. The lowest BCUT2D eigenvalue weighted by Gasteiger charge is -2.36. The maximum absolute atomic E-state index is 11.5. The van der Waals surface area contributed by atoms with Crippen LogP contribution in [-0.4, -0.2) is 51.1 Å².